The number of oxazole rings is 1. The Kier molecular flexibility index (Phi) is 4.47. The van der Waals surface area contributed by atoms with E-state index < -0.39 is 11.6 Å². The number of esters is 1. The number of aryl methyl sites for hydroxylation is 3. The molecule has 6 heteroatoms. The average Bonchev–Trinajstić information content (AvgIpc) is 3.37. The zero-order chi connectivity index (χ0) is 20.7. The molecule has 6 nitrogen and oxygen atoms in total. The van der Waals surface area contributed by atoms with Crippen molar-refractivity contribution in [3.8, 4) is 11.5 Å². The van der Waals surface area contributed by atoms with E-state index in [4.69, 9.17) is 13.6 Å². The standard InChI is InChI=1S/C24H19NO5/c1-14-22(25-23(29-14)15-6-3-2-4-7-15)24(27)28-13-18-12-21(26)30-20-11-17-9-5-8-16(17)10-19(18)20/h2-4,6-7,10-12H,5,8-9,13H2,1H3. The third-order valence-corrected chi connectivity index (χ3v) is 5.41. The maximum Gasteiger partial charge on any atom is 0.360 e. The van der Waals surface area contributed by atoms with E-state index in [1.807, 2.05) is 42.5 Å². The Hall–Kier alpha value is -3.67. The van der Waals surface area contributed by atoms with Crippen LogP contribution in [0.2, 0.25) is 0 Å². The van der Waals surface area contributed by atoms with Gasteiger partial charge in [-0.2, -0.15) is 0 Å². The van der Waals surface area contributed by atoms with E-state index >= 15 is 0 Å². The molecular weight excluding hydrogens is 382 g/mol. The molecule has 0 unspecified atom stereocenters. The number of fused-ring (bicyclic) bond motifs is 2. The van der Waals surface area contributed by atoms with Crippen molar-refractivity contribution >= 4 is 16.9 Å². The zero-order valence-corrected chi connectivity index (χ0v) is 16.4. The second-order valence-corrected chi connectivity index (χ2v) is 7.43. The van der Waals surface area contributed by atoms with Gasteiger partial charge in [-0.3, -0.25) is 0 Å². The molecular formula is C24H19NO5. The summed E-state index contributed by atoms with van der Waals surface area (Å²) in [5.74, 6) is 0.150. The Bertz CT molecular complexity index is 1320. The number of rotatable bonds is 4. The number of ether oxygens (including phenoxy) is 1. The van der Waals surface area contributed by atoms with E-state index in [-0.39, 0.29) is 12.3 Å². The minimum Gasteiger partial charge on any atom is -0.456 e. The van der Waals surface area contributed by atoms with Crippen molar-refractivity contribution < 1.29 is 18.4 Å². The number of carbonyl (C=O) groups is 1. The molecule has 1 aliphatic carbocycles. The van der Waals surface area contributed by atoms with Crippen molar-refractivity contribution in [1.82, 2.24) is 4.98 Å². The quantitative estimate of drug-likeness (QED) is 0.367. The molecule has 0 atom stereocenters. The minimum atomic E-state index is -0.596. The van der Waals surface area contributed by atoms with Crippen LogP contribution in [0.15, 0.2) is 62.2 Å². The predicted molar refractivity (Wildman–Crippen MR) is 110 cm³/mol. The molecule has 0 saturated carbocycles. The molecule has 0 bridgehead atoms. The molecule has 0 N–H and O–H groups in total. The Morgan fingerprint density at radius 3 is 2.63 bits per heavy atom. The summed E-state index contributed by atoms with van der Waals surface area (Å²) < 4.78 is 16.5. The number of nitrogens with zero attached hydrogens (tertiary/aromatic N) is 1. The van der Waals surface area contributed by atoms with Crippen LogP contribution in [0.5, 0.6) is 0 Å². The van der Waals surface area contributed by atoms with Crippen LogP contribution < -0.4 is 5.63 Å². The summed E-state index contributed by atoms with van der Waals surface area (Å²) >= 11 is 0. The van der Waals surface area contributed by atoms with Gasteiger partial charge in [0, 0.05) is 22.6 Å². The lowest BCUT2D eigenvalue weighted by Gasteiger charge is -2.08. The number of hydrogen-bond acceptors (Lipinski definition) is 6. The number of benzene rings is 2. The smallest absolute Gasteiger partial charge is 0.360 e. The SMILES string of the molecule is Cc1oc(-c2ccccc2)nc1C(=O)OCc1cc(=O)oc2cc3c(cc12)CCC3. The minimum absolute atomic E-state index is 0.0489. The first kappa shape index (κ1) is 18.4. The van der Waals surface area contributed by atoms with Gasteiger partial charge in [-0.25, -0.2) is 14.6 Å². The van der Waals surface area contributed by atoms with Gasteiger partial charge in [0.25, 0.3) is 0 Å². The van der Waals surface area contributed by atoms with Crippen LogP contribution in [0.3, 0.4) is 0 Å². The van der Waals surface area contributed by atoms with Crippen LogP contribution in [-0.2, 0) is 24.2 Å². The summed E-state index contributed by atoms with van der Waals surface area (Å²) in [5, 5.41) is 0.796. The molecule has 1 aliphatic rings. The van der Waals surface area contributed by atoms with Crippen LogP contribution >= 0.6 is 0 Å². The summed E-state index contributed by atoms with van der Waals surface area (Å²) in [5.41, 5.74) is 4.06. The Morgan fingerprint density at radius 1 is 1.07 bits per heavy atom. The van der Waals surface area contributed by atoms with Crippen molar-refractivity contribution in [3.05, 3.63) is 87.1 Å². The monoisotopic (exact) mass is 401 g/mol. The molecule has 30 heavy (non-hydrogen) atoms. The third kappa shape index (κ3) is 3.30. The highest BCUT2D eigenvalue weighted by Gasteiger charge is 2.21. The second-order valence-electron chi connectivity index (χ2n) is 7.43. The van der Waals surface area contributed by atoms with Crippen LogP contribution in [0.25, 0.3) is 22.4 Å². The summed E-state index contributed by atoms with van der Waals surface area (Å²) in [4.78, 5) is 28.9. The fraction of sp³-hybridized carbons (Fsp3) is 0.208. The molecule has 0 aliphatic heterocycles. The van der Waals surface area contributed by atoms with E-state index in [0.29, 0.717) is 22.8 Å². The number of hydrogen-bond donors (Lipinski definition) is 0. The molecule has 2 aromatic carbocycles. The molecule has 0 fully saturated rings. The summed E-state index contributed by atoms with van der Waals surface area (Å²) in [6.07, 6.45) is 3.09. The molecule has 4 aromatic rings. The van der Waals surface area contributed by atoms with Crippen LogP contribution in [0.1, 0.15) is 39.4 Å². The molecule has 2 heterocycles. The van der Waals surface area contributed by atoms with Crippen molar-refractivity contribution in [2.45, 2.75) is 32.8 Å². The van der Waals surface area contributed by atoms with Crippen molar-refractivity contribution in [3.63, 3.8) is 0 Å². The Labute approximate surface area is 172 Å². The fourth-order valence-electron chi connectivity index (χ4n) is 3.92. The fourth-order valence-corrected chi connectivity index (χ4v) is 3.92. The van der Waals surface area contributed by atoms with Gasteiger partial charge in [-0.05, 0) is 61.6 Å². The third-order valence-electron chi connectivity index (χ3n) is 5.41. The molecule has 0 amide bonds. The summed E-state index contributed by atoms with van der Waals surface area (Å²) in [7, 11) is 0. The lowest BCUT2D eigenvalue weighted by atomic mass is 10.0. The van der Waals surface area contributed by atoms with E-state index in [9.17, 15) is 9.59 Å². The van der Waals surface area contributed by atoms with Gasteiger partial charge >= 0.3 is 11.6 Å². The van der Waals surface area contributed by atoms with Crippen molar-refractivity contribution in [2.75, 3.05) is 0 Å². The van der Waals surface area contributed by atoms with Gasteiger partial charge in [0.05, 0.1) is 0 Å². The molecule has 0 saturated heterocycles. The average molecular weight is 401 g/mol. The van der Waals surface area contributed by atoms with Gasteiger partial charge in [-0.1, -0.05) is 18.2 Å². The van der Waals surface area contributed by atoms with E-state index in [1.165, 1.54) is 17.2 Å². The lowest BCUT2D eigenvalue weighted by Crippen LogP contribution is -2.09. The largest absolute Gasteiger partial charge is 0.456 e. The van der Waals surface area contributed by atoms with Gasteiger partial charge < -0.3 is 13.6 Å². The van der Waals surface area contributed by atoms with Gasteiger partial charge in [0.15, 0.2) is 5.69 Å². The number of carbonyl (C=O) groups excluding carboxylic acids is 1. The van der Waals surface area contributed by atoms with E-state index in [0.717, 1.165) is 30.2 Å². The highest BCUT2D eigenvalue weighted by atomic mass is 16.5. The zero-order valence-electron chi connectivity index (χ0n) is 16.4. The van der Waals surface area contributed by atoms with Crippen LogP contribution in [-0.4, -0.2) is 11.0 Å². The maximum absolute atomic E-state index is 12.6. The highest BCUT2D eigenvalue weighted by molar-refractivity contribution is 5.89. The predicted octanol–water partition coefficient (Wildman–Crippen LogP) is 4.60. The Morgan fingerprint density at radius 2 is 1.83 bits per heavy atom. The Balaban J connectivity index is 1.41. The van der Waals surface area contributed by atoms with E-state index in [1.54, 1.807) is 6.92 Å². The van der Waals surface area contributed by atoms with Crippen LogP contribution in [0, 0.1) is 6.92 Å². The van der Waals surface area contributed by atoms with Gasteiger partial charge in [-0.15, -0.1) is 0 Å². The molecule has 2 aromatic heterocycles. The van der Waals surface area contributed by atoms with Crippen molar-refractivity contribution in [1.29, 1.82) is 0 Å². The summed E-state index contributed by atoms with van der Waals surface area (Å²) in [6, 6.07) is 14.7. The number of aromatic nitrogens is 1. The summed E-state index contributed by atoms with van der Waals surface area (Å²) in [6.45, 7) is 1.62. The first-order valence-corrected chi connectivity index (χ1v) is 9.87. The first-order chi connectivity index (χ1) is 14.6. The first-order valence-electron chi connectivity index (χ1n) is 9.87. The second kappa shape index (κ2) is 7.30. The van der Waals surface area contributed by atoms with Crippen LogP contribution in [0.4, 0.5) is 0 Å². The molecule has 0 spiro atoms. The van der Waals surface area contributed by atoms with E-state index in [2.05, 4.69) is 4.98 Å². The topological polar surface area (TPSA) is 82.5 Å². The van der Waals surface area contributed by atoms with Gasteiger partial charge in [0.2, 0.25) is 5.89 Å². The van der Waals surface area contributed by atoms with Gasteiger partial charge in [0.1, 0.15) is 18.0 Å². The normalized spacial score (nSPS) is 12.8. The van der Waals surface area contributed by atoms with Crippen molar-refractivity contribution in [2.24, 2.45) is 0 Å². The molecule has 5 rings (SSSR count). The maximum atomic E-state index is 12.6. The lowest BCUT2D eigenvalue weighted by molar-refractivity contribution is 0.0465. The molecule has 0 radical (unpaired) electrons. The molecule has 150 valence electrons. The highest BCUT2D eigenvalue weighted by Crippen LogP contribution is 2.29.